The summed E-state index contributed by atoms with van der Waals surface area (Å²) >= 11 is 1.58. The lowest BCUT2D eigenvalue weighted by atomic mass is 10.0. The van der Waals surface area contributed by atoms with Crippen molar-refractivity contribution in [2.75, 3.05) is 51.0 Å². The van der Waals surface area contributed by atoms with Crippen molar-refractivity contribution in [2.45, 2.75) is 25.9 Å². The maximum Gasteiger partial charge on any atom is 0.272 e. The highest BCUT2D eigenvalue weighted by Gasteiger charge is 2.20. The Morgan fingerprint density at radius 1 is 1.37 bits per heavy atom. The summed E-state index contributed by atoms with van der Waals surface area (Å²) < 4.78 is 5.87. The number of nitrogens with one attached hydrogen (secondary N) is 1. The minimum Gasteiger partial charge on any atom is -0.394 e. The van der Waals surface area contributed by atoms with Crippen LogP contribution >= 0.6 is 11.8 Å². The van der Waals surface area contributed by atoms with Gasteiger partial charge >= 0.3 is 0 Å². The molecule has 2 aliphatic rings. The average molecular weight is 391 g/mol. The van der Waals surface area contributed by atoms with Crippen molar-refractivity contribution in [1.82, 2.24) is 9.80 Å². The van der Waals surface area contributed by atoms with Crippen molar-refractivity contribution < 1.29 is 9.53 Å². The van der Waals surface area contributed by atoms with Crippen molar-refractivity contribution in [3.63, 3.8) is 0 Å². The van der Waals surface area contributed by atoms with Crippen LogP contribution in [0.5, 0.6) is 0 Å². The maximum atomic E-state index is 12.4. The molecule has 0 aliphatic carbocycles. The molecular weight excluding hydrogens is 360 g/mol. The predicted molar refractivity (Wildman–Crippen MR) is 112 cm³/mol. The number of rotatable bonds is 6. The van der Waals surface area contributed by atoms with E-state index in [1.54, 1.807) is 17.2 Å². The second-order valence-corrected chi connectivity index (χ2v) is 8.17. The molecule has 0 radical (unpaired) electrons. The van der Waals surface area contributed by atoms with Gasteiger partial charge in [0.15, 0.2) is 0 Å². The fourth-order valence-electron chi connectivity index (χ4n) is 3.40. The van der Waals surface area contributed by atoms with Crippen LogP contribution in [0.15, 0.2) is 29.3 Å². The first kappa shape index (κ1) is 20.2. The highest BCUT2D eigenvalue weighted by Crippen LogP contribution is 2.26. The monoisotopic (exact) mass is 390 g/mol. The van der Waals surface area contributed by atoms with Gasteiger partial charge in [-0.2, -0.15) is 0 Å². The zero-order chi connectivity index (χ0) is 19.2. The topological polar surface area (TPSA) is 70.8 Å². The molecule has 148 valence electrons. The van der Waals surface area contributed by atoms with E-state index in [0.717, 1.165) is 55.5 Å². The van der Waals surface area contributed by atoms with Crippen molar-refractivity contribution in [2.24, 2.45) is 5.73 Å². The summed E-state index contributed by atoms with van der Waals surface area (Å²) in [6.07, 6.45) is 2.61. The normalized spacial score (nSPS) is 22.1. The Morgan fingerprint density at radius 2 is 2.15 bits per heavy atom. The van der Waals surface area contributed by atoms with E-state index < -0.39 is 0 Å². The Labute approximate surface area is 166 Å². The molecule has 2 saturated heterocycles. The van der Waals surface area contributed by atoms with Crippen LogP contribution in [0.2, 0.25) is 0 Å². The molecule has 27 heavy (non-hydrogen) atoms. The highest BCUT2D eigenvalue weighted by atomic mass is 32.2. The van der Waals surface area contributed by atoms with E-state index in [9.17, 15) is 4.79 Å². The van der Waals surface area contributed by atoms with Crippen molar-refractivity contribution in [3.8, 4) is 0 Å². The van der Waals surface area contributed by atoms with E-state index in [1.807, 2.05) is 19.1 Å². The van der Waals surface area contributed by atoms with Gasteiger partial charge in [-0.25, -0.2) is 0 Å². The van der Waals surface area contributed by atoms with Gasteiger partial charge in [-0.05, 0) is 57.1 Å². The summed E-state index contributed by atoms with van der Waals surface area (Å²) in [7, 11) is 2.10. The molecule has 2 aliphatic heterocycles. The first-order valence-electron chi connectivity index (χ1n) is 9.54. The number of benzene rings is 1. The Bertz CT molecular complexity index is 689. The smallest absolute Gasteiger partial charge is 0.272 e. The third-order valence-electron chi connectivity index (χ3n) is 5.07. The SMILES string of the molecule is Cc1cc(C2CN(C)CCO2)ccc1NC(=O)/C(N)=C/SCN1CCCC1. The molecule has 0 spiro atoms. The number of nitrogens with zero attached hydrogens (tertiary/aromatic N) is 2. The van der Waals surface area contributed by atoms with Gasteiger partial charge in [0, 0.05) is 30.1 Å². The molecular formula is C20H30N4O2S. The number of anilines is 1. The number of amides is 1. The number of likely N-dealkylation sites (N-methyl/N-ethyl adjacent to an activating group) is 1. The molecule has 3 N–H and O–H groups in total. The van der Waals surface area contributed by atoms with Gasteiger partial charge in [-0.15, -0.1) is 11.8 Å². The fraction of sp³-hybridized carbons (Fsp3) is 0.550. The predicted octanol–water partition coefficient (Wildman–Crippen LogP) is 2.52. The number of nitrogens with two attached hydrogens (primary N) is 1. The van der Waals surface area contributed by atoms with Gasteiger partial charge in [-0.1, -0.05) is 12.1 Å². The fourth-order valence-corrected chi connectivity index (χ4v) is 4.23. The zero-order valence-corrected chi connectivity index (χ0v) is 17.1. The number of carbonyl (C=O) groups excluding carboxylic acids is 1. The third kappa shape index (κ3) is 5.72. The minimum absolute atomic E-state index is 0.0826. The van der Waals surface area contributed by atoms with Gasteiger partial charge in [-0.3, -0.25) is 9.69 Å². The quantitative estimate of drug-likeness (QED) is 0.728. The zero-order valence-electron chi connectivity index (χ0n) is 16.2. The van der Waals surface area contributed by atoms with E-state index >= 15 is 0 Å². The van der Waals surface area contributed by atoms with Crippen molar-refractivity contribution in [1.29, 1.82) is 0 Å². The molecule has 7 heteroatoms. The summed E-state index contributed by atoms with van der Waals surface area (Å²) in [4.78, 5) is 17.0. The van der Waals surface area contributed by atoms with Crippen LogP contribution in [0.1, 0.15) is 30.1 Å². The third-order valence-corrected chi connectivity index (χ3v) is 6.00. The lowest BCUT2D eigenvalue weighted by Gasteiger charge is -2.30. The molecule has 2 fully saturated rings. The Morgan fingerprint density at radius 3 is 2.85 bits per heavy atom. The summed E-state index contributed by atoms with van der Waals surface area (Å²) in [5.74, 6) is 0.630. The lowest BCUT2D eigenvalue weighted by molar-refractivity contribution is -0.112. The molecule has 1 aromatic rings. The minimum atomic E-state index is -0.256. The standard InChI is InChI=1S/C20H30N4O2S/c1-15-11-16(19-12-23(2)9-10-26-19)5-6-18(15)22-20(25)17(21)13-27-14-24-7-3-4-8-24/h5-6,11,13,19H,3-4,7-10,12,14,21H2,1-2H3,(H,22,25)/b17-13-. The Kier molecular flexibility index (Phi) is 7.18. The molecule has 2 heterocycles. The summed E-state index contributed by atoms with van der Waals surface area (Å²) in [6.45, 7) is 6.86. The van der Waals surface area contributed by atoms with Crippen molar-refractivity contribution in [3.05, 3.63) is 40.4 Å². The summed E-state index contributed by atoms with van der Waals surface area (Å²) in [5.41, 5.74) is 9.13. The van der Waals surface area contributed by atoms with Crippen molar-refractivity contribution >= 4 is 23.4 Å². The molecule has 6 nitrogen and oxygen atoms in total. The van der Waals surface area contributed by atoms with E-state index in [1.165, 1.54) is 12.8 Å². The first-order valence-corrected chi connectivity index (χ1v) is 10.6. The lowest BCUT2D eigenvalue weighted by Crippen LogP contribution is -2.35. The van der Waals surface area contributed by atoms with E-state index in [0.29, 0.717) is 0 Å². The van der Waals surface area contributed by atoms with Gasteiger partial charge in [0.25, 0.3) is 5.91 Å². The highest BCUT2D eigenvalue weighted by molar-refractivity contribution is 8.02. The number of carbonyl (C=O) groups is 1. The summed E-state index contributed by atoms with van der Waals surface area (Å²) in [6, 6.07) is 6.04. The molecule has 1 unspecified atom stereocenters. The average Bonchev–Trinajstić information content (AvgIpc) is 3.16. The van der Waals surface area contributed by atoms with Crippen LogP contribution in [0.3, 0.4) is 0 Å². The van der Waals surface area contributed by atoms with E-state index in [2.05, 4.69) is 28.2 Å². The van der Waals surface area contributed by atoms with Gasteiger partial charge < -0.3 is 20.7 Å². The second kappa shape index (κ2) is 9.59. The maximum absolute atomic E-state index is 12.4. The van der Waals surface area contributed by atoms with Crippen LogP contribution in [-0.4, -0.2) is 61.4 Å². The van der Waals surface area contributed by atoms with Gasteiger partial charge in [0.2, 0.25) is 0 Å². The van der Waals surface area contributed by atoms with Crippen LogP contribution in [0, 0.1) is 6.92 Å². The Hall–Kier alpha value is -1.54. The van der Waals surface area contributed by atoms with E-state index in [-0.39, 0.29) is 17.7 Å². The molecule has 1 amide bonds. The van der Waals surface area contributed by atoms with Crippen LogP contribution < -0.4 is 11.1 Å². The van der Waals surface area contributed by atoms with E-state index in [4.69, 9.17) is 10.5 Å². The Balaban J connectivity index is 1.55. The molecule has 0 aromatic heterocycles. The number of hydrogen-bond acceptors (Lipinski definition) is 6. The molecule has 0 bridgehead atoms. The number of thioether (sulfide) groups is 1. The molecule has 1 atom stereocenters. The largest absolute Gasteiger partial charge is 0.394 e. The number of likely N-dealkylation sites (tertiary alicyclic amines) is 1. The van der Waals surface area contributed by atoms with Crippen LogP contribution in [0.25, 0.3) is 0 Å². The van der Waals surface area contributed by atoms with Gasteiger partial charge in [0.05, 0.1) is 12.7 Å². The van der Waals surface area contributed by atoms with Crippen LogP contribution in [-0.2, 0) is 9.53 Å². The number of aryl methyl sites for hydroxylation is 1. The number of hydrogen-bond donors (Lipinski definition) is 2. The molecule has 3 rings (SSSR count). The first-order chi connectivity index (χ1) is 13.0. The second-order valence-electron chi connectivity index (χ2n) is 7.34. The molecule has 1 aromatic carbocycles. The number of ether oxygens (including phenoxy) is 1. The summed E-state index contributed by atoms with van der Waals surface area (Å²) in [5, 5.41) is 4.67. The van der Waals surface area contributed by atoms with Gasteiger partial charge in [0.1, 0.15) is 5.70 Å². The van der Waals surface area contributed by atoms with Crippen LogP contribution in [0.4, 0.5) is 5.69 Å². The molecule has 0 saturated carbocycles. The number of morpholine rings is 1.